The highest BCUT2D eigenvalue weighted by Crippen LogP contribution is 2.21. The van der Waals surface area contributed by atoms with Gasteiger partial charge < -0.3 is 10.2 Å². The van der Waals surface area contributed by atoms with E-state index in [-0.39, 0.29) is 5.54 Å². The van der Waals surface area contributed by atoms with Crippen molar-refractivity contribution in [2.24, 2.45) is 5.92 Å². The van der Waals surface area contributed by atoms with Crippen LogP contribution < -0.4 is 10.2 Å². The molecule has 1 aromatic carbocycles. The average Bonchev–Trinajstić information content (AvgIpc) is 3.08. The molecule has 1 aromatic heterocycles. The molecule has 1 aliphatic heterocycles. The number of hydrogen-bond donors (Lipinski definition) is 1. The molecule has 0 spiro atoms. The smallest absolute Gasteiger partial charge is 0.0630 e. The van der Waals surface area contributed by atoms with Crippen LogP contribution in [0.4, 0.5) is 5.69 Å². The van der Waals surface area contributed by atoms with E-state index in [2.05, 4.69) is 72.6 Å². The molecule has 5 nitrogen and oxygen atoms in total. The highest BCUT2D eigenvalue weighted by atomic mass is 35.5. The summed E-state index contributed by atoms with van der Waals surface area (Å²) in [4.78, 5) is 4.97. The maximum atomic E-state index is 6.14. The fourth-order valence-corrected chi connectivity index (χ4v) is 4.24. The molecule has 30 heavy (non-hydrogen) atoms. The van der Waals surface area contributed by atoms with Crippen LogP contribution in [0.5, 0.6) is 0 Å². The Labute approximate surface area is 187 Å². The van der Waals surface area contributed by atoms with Gasteiger partial charge in [0.2, 0.25) is 0 Å². The van der Waals surface area contributed by atoms with E-state index in [0.717, 1.165) is 57.3 Å². The Balaban J connectivity index is 1.45. The molecule has 0 atom stereocenters. The summed E-state index contributed by atoms with van der Waals surface area (Å²) in [6, 6.07) is 10.5. The van der Waals surface area contributed by atoms with Crippen molar-refractivity contribution in [3.8, 4) is 0 Å². The summed E-state index contributed by atoms with van der Waals surface area (Å²) in [5.41, 5.74) is 3.72. The van der Waals surface area contributed by atoms with E-state index in [4.69, 9.17) is 16.7 Å². The third-order valence-corrected chi connectivity index (χ3v) is 5.78. The predicted molar refractivity (Wildman–Crippen MR) is 128 cm³/mol. The molecule has 6 heteroatoms. The van der Waals surface area contributed by atoms with Gasteiger partial charge in [0, 0.05) is 56.5 Å². The van der Waals surface area contributed by atoms with Crippen LogP contribution in [0.15, 0.2) is 30.3 Å². The van der Waals surface area contributed by atoms with Crippen molar-refractivity contribution in [3.05, 3.63) is 46.7 Å². The van der Waals surface area contributed by atoms with Gasteiger partial charge in [0.05, 0.1) is 16.9 Å². The second kappa shape index (κ2) is 10.2. The van der Waals surface area contributed by atoms with Crippen LogP contribution in [-0.2, 0) is 18.5 Å². The van der Waals surface area contributed by atoms with Crippen LogP contribution in [0.3, 0.4) is 0 Å². The van der Waals surface area contributed by atoms with Crippen LogP contribution in [-0.4, -0.2) is 53.9 Å². The highest BCUT2D eigenvalue weighted by molar-refractivity contribution is 6.30. The largest absolute Gasteiger partial charge is 0.369 e. The molecule has 0 bridgehead atoms. The number of anilines is 1. The lowest BCUT2D eigenvalue weighted by atomic mass is 10.1. The summed E-state index contributed by atoms with van der Waals surface area (Å²) in [7, 11) is 0. The van der Waals surface area contributed by atoms with Crippen LogP contribution >= 0.6 is 11.6 Å². The second-order valence-corrected chi connectivity index (χ2v) is 10.2. The molecule has 0 unspecified atom stereocenters. The fourth-order valence-electron chi connectivity index (χ4n) is 4.06. The zero-order valence-corrected chi connectivity index (χ0v) is 20.0. The van der Waals surface area contributed by atoms with Gasteiger partial charge >= 0.3 is 0 Å². The van der Waals surface area contributed by atoms with Gasteiger partial charge in [-0.15, -0.1) is 0 Å². The zero-order valence-electron chi connectivity index (χ0n) is 19.3. The average molecular weight is 432 g/mol. The molecule has 1 saturated heterocycles. The van der Waals surface area contributed by atoms with Crippen LogP contribution in [0.1, 0.15) is 46.0 Å². The number of benzene rings is 1. The molecule has 0 radical (unpaired) electrons. The molecule has 166 valence electrons. The Kier molecular flexibility index (Phi) is 7.83. The summed E-state index contributed by atoms with van der Waals surface area (Å²) < 4.78 is 2.20. The summed E-state index contributed by atoms with van der Waals surface area (Å²) in [5.74, 6) is 0.625. The van der Waals surface area contributed by atoms with Crippen molar-refractivity contribution in [3.63, 3.8) is 0 Å². The Morgan fingerprint density at radius 3 is 2.47 bits per heavy atom. The van der Waals surface area contributed by atoms with E-state index in [1.165, 1.54) is 17.1 Å². The number of piperazine rings is 1. The first kappa shape index (κ1) is 23.1. The first-order valence-corrected chi connectivity index (χ1v) is 11.6. The minimum Gasteiger partial charge on any atom is -0.369 e. The van der Waals surface area contributed by atoms with E-state index in [0.29, 0.717) is 5.92 Å². The van der Waals surface area contributed by atoms with Crippen molar-refractivity contribution in [2.75, 3.05) is 44.2 Å². The van der Waals surface area contributed by atoms with Crippen LogP contribution in [0, 0.1) is 5.92 Å². The highest BCUT2D eigenvalue weighted by Gasteiger charge is 2.20. The predicted octanol–water partition coefficient (Wildman–Crippen LogP) is 4.40. The normalized spacial score (nSPS) is 15.9. The fraction of sp³-hybridized carbons (Fsp3) is 0.625. The van der Waals surface area contributed by atoms with Gasteiger partial charge in [0.15, 0.2) is 0 Å². The van der Waals surface area contributed by atoms with Gasteiger partial charge in [0.1, 0.15) is 0 Å². The summed E-state index contributed by atoms with van der Waals surface area (Å²) in [6.45, 7) is 18.4. The SMILES string of the molecule is CC(C)Cc1cc(CNCCN2CCN(c3cccc(Cl)c3)CC2)n(C(C)(C)C)n1. The molecule has 2 aromatic rings. The lowest BCUT2D eigenvalue weighted by molar-refractivity contribution is 0.256. The van der Waals surface area contributed by atoms with Crippen molar-refractivity contribution < 1.29 is 0 Å². The minimum absolute atomic E-state index is 0.00288. The Morgan fingerprint density at radius 1 is 1.10 bits per heavy atom. The molecule has 1 N–H and O–H groups in total. The summed E-state index contributed by atoms with van der Waals surface area (Å²) in [6.07, 6.45) is 1.03. The number of halogens is 1. The molecule has 3 rings (SSSR count). The molecule has 2 heterocycles. The number of nitrogens with one attached hydrogen (secondary N) is 1. The minimum atomic E-state index is 0.00288. The van der Waals surface area contributed by atoms with Gasteiger partial charge in [-0.25, -0.2) is 0 Å². The van der Waals surface area contributed by atoms with Gasteiger partial charge in [0.25, 0.3) is 0 Å². The monoisotopic (exact) mass is 431 g/mol. The first-order valence-electron chi connectivity index (χ1n) is 11.2. The third kappa shape index (κ3) is 6.47. The maximum absolute atomic E-state index is 6.14. The van der Waals surface area contributed by atoms with Crippen LogP contribution in [0.25, 0.3) is 0 Å². The van der Waals surface area contributed by atoms with Gasteiger partial charge in [-0.1, -0.05) is 31.5 Å². The van der Waals surface area contributed by atoms with Gasteiger partial charge in [-0.3, -0.25) is 9.58 Å². The van der Waals surface area contributed by atoms with E-state index in [1.807, 2.05) is 12.1 Å². The second-order valence-electron chi connectivity index (χ2n) is 9.79. The molecule has 0 saturated carbocycles. The number of rotatable bonds is 8. The third-order valence-electron chi connectivity index (χ3n) is 5.54. The zero-order chi connectivity index (χ0) is 21.7. The molecule has 0 amide bonds. The van der Waals surface area contributed by atoms with Crippen molar-refractivity contribution >= 4 is 17.3 Å². The Morgan fingerprint density at radius 2 is 1.83 bits per heavy atom. The van der Waals surface area contributed by atoms with Gasteiger partial charge in [-0.05, 0) is 57.4 Å². The van der Waals surface area contributed by atoms with Crippen molar-refractivity contribution in [2.45, 2.75) is 53.1 Å². The quantitative estimate of drug-likeness (QED) is 0.628. The van der Waals surface area contributed by atoms with E-state index in [9.17, 15) is 0 Å². The lowest BCUT2D eigenvalue weighted by Gasteiger charge is -2.36. The van der Waals surface area contributed by atoms with Crippen molar-refractivity contribution in [1.82, 2.24) is 20.0 Å². The van der Waals surface area contributed by atoms with Crippen LogP contribution in [0.2, 0.25) is 5.02 Å². The Hall–Kier alpha value is -1.56. The lowest BCUT2D eigenvalue weighted by Crippen LogP contribution is -2.48. The number of nitrogens with zero attached hydrogens (tertiary/aromatic N) is 4. The van der Waals surface area contributed by atoms with Gasteiger partial charge in [-0.2, -0.15) is 5.10 Å². The summed E-state index contributed by atoms with van der Waals surface area (Å²) >= 11 is 6.14. The molecule has 0 aliphatic carbocycles. The van der Waals surface area contributed by atoms with Crippen molar-refractivity contribution in [1.29, 1.82) is 0 Å². The summed E-state index contributed by atoms with van der Waals surface area (Å²) in [5, 5.41) is 9.34. The van der Waals surface area contributed by atoms with E-state index >= 15 is 0 Å². The van der Waals surface area contributed by atoms with E-state index < -0.39 is 0 Å². The molecular formula is C24H38ClN5. The number of aromatic nitrogens is 2. The number of hydrogen-bond acceptors (Lipinski definition) is 4. The van der Waals surface area contributed by atoms with E-state index in [1.54, 1.807) is 0 Å². The molecule has 1 aliphatic rings. The molecule has 1 fully saturated rings. The first-order chi connectivity index (χ1) is 14.2. The topological polar surface area (TPSA) is 36.3 Å². The standard InChI is InChI=1S/C24H38ClN5/c1-19(2)15-21-17-23(30(27-21)24(3,4)5)18-26-9-10-28-11-13-29(14-12-28)22-8-6-7-20(25)16-22/h6-8,16-17,19,26H,9-15,18H2,1-5H3. The molecular weight excluding hydrogens is 394 g/mol. The Bertz CT molecular complexity index is 800. The maximum Gasteiger partial charge on any atom is 0.0630 e.